The minimum Gasteiger partial charge on any atom is -0.393 e. The number of nitrogen functional groups attached to an aromatic ring is 1. The lowest BCUT2D eigenvalue weighted by Crippen LogP contribution is -2.52. The van der Waals surface area contributed by atoms with Gasteiger partial charge in [-0.2, -0.15) is 14.1 Å². The second-order valence-electron chi connectivity index (χ2n) is 4.39. The molecule has 6 N–H and O–H groups in total. The molecule has 0 bridgehead atoms. The van der Waals surface area contributed by atoms with Crippen LogP contribution in [-0.2, 0) is 4.84 Å². The molecule has 2 aromatic rings. The first-order chi connectivity index (χ1) is 9.86. The number of hydrogen-bond acceptors (Lipinski definition) is 9. The molecule has 2 aromatic heterocycles. The molecule has 3 rings (SSSR count). The van der Waals surface area contributed by atoms with Crippen molar-refractivity contribution < 1.29 is 24.5 Å². The SMILES string of the molecule is Nc1nc2c(ncn2N2O[C@H](CO)[C@@H](O)[C@]2(O)F)c(=O)[nH]1. The number of aromatic nitrogens is 4. The number of anilines is 1. The smallest absolute Gasteiger partial charge is 0.353 e. The van der Waals surface area contributed by atoms with Gasteiger partial charge in [0.05, 0.1) is 6.61 Å². The zero-order valence-electron chi connectivity index (χ0n) is 10.3. The van der Waals surface area contributed by atoms with Crippen LogP contribution in [-0.4, -0.2) is 59.7 Å². The largest absolute Gasteiger partial charge is 0.393 e. The van der Waals surface area contributed by atoms with Crippen molar-refractivity contribution in [3.63, 3.8) is 0 Å². The molecule has 12 heteroatoms. The second kappa shape index (κ2) is 4.36. The van der Waals surface area contributed by atoms with Gasteiger partial charge < -0.3 is 21.1 Å². The van der Waals surface area contributed by atoms with E-state index in [1.807, 2.05) is 0 Å². The number of imidazole rings is 1. The van der Waals surface area contributed by atoms with Crippen LogP contribution in [0.4, 0.5) is 10.3 Å². The number of halogens is 1. The van der Waals surface area contributed by atoms with Gasteiger partial charge in [-0.15, -0.1) is 5.17 Å². The molecule has 1 aliphatic rings. The monoisotopic (exact) mass is 302 g/mol. The zero-order chi connectivity index (χ0) is 15.4. The molecule has 0 saturated carbocycles. The van der Waals surface area contributed by atoms with Crippen LogP contribution in [0.15, 0.2) is 11.1 Å². The van der Waals surface area contributed by atoms with Crippen molar-refractivity contribution in [2.45, 2.75) is 18.2 Å². The lowest BCUT2D eigenvalue weighted by atomic mass is 10.2. The molecular formula is C9H11FN6O5. The molecule has 114 valence electrons. The first-order valence-corrected chi connectivity index (χ1v) is 5.76. The molecular weight excluding hydrogens is 291 g/mol. The number of aromatic amines is 1. The Hall–Kier alpha value is -2.28. The topological polar surface area (TPSA) is 163 Å². The molecule has 21 heavy (non-hydrogen) atoms. The summed E-state index contributed by atoms with van der Waals surface area (Å²) in [7, 11) is 0. The Morgan fingerprint density at radius 3 is 2.95 bits per heavy atom. The quantitative estimate of drug-likeness (QED) is 0.362. The number of hydrogen-bond donors (Lipinski definition) is 5. The average molecular weight is 302 g/mol. The first-order valence-electron chi connectivity index (χ1n) is 5.76. The highest BCUT2D eigenvalue weighted by molar-refractivity contribution is 5.70. The molecule has 3 heterocycles. The molecule has 3 atom stereocenters. The standard InChI is InChI=1S/C9H11FN6O5/c10-9(20)5(18)3(1-17)21-16(9)15-2-12-4-6(15)13-8(11)14-7(4)19/h2-3,5,17-18,20H,1H2,(H3,11,13,14,19)/t3-,5-,9+/m1/s1. The summed E-state index contributed by atoms with van der Waals surface area (Å²) in [5.41, 5.74) is 4.35. The molecule has 1 aliphatic heterocycles. The Kier molecular flexibility index (Phi) is 2.84. The number of nitrogens with zero attached hydrogens (tertiary/aromatic N) is 4. The predicted octanol–water partition coefficient (Wildman–Crippen LogP) is -3.08. The minimum absolute atomic E-state index is 0.175. The van der Waals surface area contributed by atoms with Crippen LogP contribution >= 0.6 is 0 Å². The second-order valence-corrected chi connectivity index (χ2v) is 4.39. The molecule has 0 spiro atoms. The zero-order valence-corrected chi connectivity index (χ0v) is 10.3. The number of aliphatic hydroxyl groups excluding tert-OH is 2. The summed E-state index contributed by atoms with van der Waals surface area (Å²) in [5, 5.41) is 28.4. The van der Waals surface area contributed by atoms with E-state index < -0.39 is 30.4 Å². The van der Waals surface area contributed by atoms with Crippen molar-refractivity contribution in [2.24, 2.45) is 0 Å². The van der Waals surface area contributed by atoms with E-state index >= 15 is 0 Å². The fourth-order valence-corrected chi connectivity index (χ4v) is 1.99. The maximum Gasteiger partial charge on any atom is 0.353 e. The van der Waals surface area contributed by atoms with E-state index in [9.17, 15) is 19.4 Å². The minimum atomic E-state index is -3.36. The van der Waals surface area contributed by atoms with E-state index in [2.05, 4.69) is 15.0 Å². The maximum absolute atomic E-state index is 14.2. The highest BCUT2D eigenvalue weighted by Gasteiger charge is 2.56. The van der Waals surface area contributed by atoms with Crippen LogP contribution in [0.3, 0.4) is 0 Å². The van der Waals surface area contributed by atoms with Gasteiger partial charge in [-0.25, -0.2) is 9.82 Å². The predicted molar refractivity (Wildman–Crippen MR) is 64.8 cm³/mol. The molecule has 0 amide bonds. The van der Waals surface area contributed by atoms with Gasteiger partial charge >= 0.3 is 5.98 Å². The summed E-state index contributed by atoms with van der Waals surface area (Å²) in [6.07, 6.45) is -2.50. The summed E-state index contributed by atoms with van der Waals surface area (Å²) >= 11 is 0. The Morgan fingerprint density at radius 2 is 2.33 bits per heavy atom. The molecule has 0 radical (unpaired) electrons. The van der Waals surface area contributed by atoms with Crippen molar-refractivity contribution in [1.82, 2.24) is 19.6 Å². The van der Waals surface area contributed by atoms with Gasteiger partial charge in [0.25, 0.3) is 5.56 Å². The molecule has 0 aliphatic carbocycles. The fraction of sp³-hybridized carbons (Fsp3) is 0.444. The Bertz CT molecular complexity index is 744. The molecule has 0 unspecified atom stereocenters. The number of H-pyrrole nitrogens is 1. The third-order valence-electron chi connectivity index (χ3n) is 3.02. The molecule has 11 nitrogen and oxygen atoms in total. The van der Waals surface area contributed by atoms with Crippen molar-refractivity contribution in [1.29, 1.82) is 0 Å². The Morgan fingerprint density at radius 1 is 1.62 bits per heavy atom. The number of alkyl halides is 1. The summed E-state index contributed by atoms with van der Waals surface area (Å²) in [6.45, 7) is -0.743. The number of nitrogens with one attached hydrogen (secondary N) is 1. The Balaban J connectivity index is 2.15. The summed E-state index contributed by atoms with van der Waals surface area (Å²) in [5.74, 6) is -3.62. The first kappa shape index (κ1) is 13.7. The van der Waals surface area contributed by atoms with Gasteiger partial charge in [-0.1, -0.05) is 0 Å². The van der Waals surface area contributed by atoms with Gasteiger partial charge in [0.15, 0.2) is 17.3 Å². The number of nitrogens with two attached hydrogens (primary N) is 1. The lowest BCUT2D eigenvalue weighted by Gasteiger charge is -2.26. The maximum atomic E-state index is 14.2. The normalized spacial score (nSPS) is 29.4. The van der Waals surface area contributed by atoms with E-state index in [4.69, 9.17) is 15.7 Å². The van der Waals surface area contributed by atoms with Crippen molar-refractivity contribution >= 4 is 17.1 Å². The van der Waals surface area contributed by atoms with Crippen LogP contribution in [0.2, 0.25) is 0 Å². The number of rotatable bonds is 2. The van der Waals surface area contributed by atoms with E-state index in [0.717, 1.165) is 11.0 Å². The van der Waals surface area contributed by atoms with E-state index in [-0.39, 0.29) is 22.3 Å². The van der Waals surface area contributed by atoms with Crippen LogP contribution in [0.1, 0.15) is 0 Å². The molecule has 1 saturated heterocycles. The average Bonchev–Trinajstić information content (AvgIpc) is 2.91. The van der Waals surface area contributed by atoms with Gasteiger partial charge in [-0.05, 0) is 0 Å². The van der Waals surface area contributed by atoms with Crippen LogP contribution in [0.5, 0.6) is 0 Å². The molecule has 1 fully saturated rings. The summed E-state index contributed by atoms with van der Waals surface area (Å²) in [6, 6.07) is 0. The third kappa shape index (κ3) is 1.84. The highest BCUT2D eigenvalue weighted by atomic mass is 19.2. The number of fused-ring (bicyclic) bond motifs is 1. The van der Waals surface area contributed by atoms with Gasteiger partial charge in [0.2, 0.25) is 5.95 Å². The summed E-state index contributed by atoms with van der Waals surface area (Å²) in [4.78, 5) is 26.2. The van der Waals surface area contributed by atoms with E-state index in [1.165, 1.54) is 0 Å². The van der Waals surface area contributed by atoms with Crippen molar-refractivity contribution in [3.05, 3.63) is 16.7 Å². The summed E-state index contributed by atoms with van der Waals surface area (Å²) < 4.78 is 15.0. The van der Waals surface area contributed by atoms with E-state index in [0.29, 0.717) is 0 Å². The number of hydroxylamine groups is 1. The van der Waals surface area contributed by atoms with E-state index in [1.54, 1.807) is 0 Å². The van der Waals surface area contributed by atoms with Gasteiger partial charge in [-0.3, -0.25) is 9.78 Å². The third-order valence-corrected chi connectivity index (χ3v) is 3.02. The van der Waals surface area contributed by atoms with Gasteiger partial charge in [0.1, 0.15) is 12.4 Å². The molecule has 0 aromatic carbocycles. The fourth-order valence-electron chi connectivity index (χ4n) is 1.99. The van der Waals surface area contributed by atoms with Crippen LogP contribution in [0, 0.1) is 0 Å². The number of aliphatic hydroxyl groups is 3. The Labute approximate surface area is 114 Å². The van der Waals surface area contributed by atoms with Gasteiger partial charge in [0, 0.05) is 0 Å². The van der Waals surface area contributed by atoms with Crippen LogP contribution < -0.4 is 16.5 Å². The van der Waals surface area contributed by atoms with Crippen molar-refractivity contribution in [3.8, 4) is 0 Å². The van der Waals surface area contributed by atoms with Crippen LogP contribution in [0.25, 0.3) is 11.2 Å². The highest BCUT2D eigenvalue weighted by Crippen LogP contribution is 2.30. The lowest BCUT2D eigenvalue weighted by molar-refractivity contribution is -0.172. The van der Waals surface area contributed by atoms with Crippen molar-refractivity contribution in [2.75, 3.05) is 17.5 Å².